The number of halogens is 1. The molecule has 0 aliphatic heterocycles. The van der Waals surface area contributed by atoms with Crippen LogP contribution in [-0.4, -0.2) is 28.6 Å². The lowest BCUT2D eigenvalue weighted by atomic mass is 10.0. The number of amides is 2. The zero-order chi connectivity index (χ0) is 23.3. The van der Waals surface area contributed by atoms with Gasteiger partial charge in [-0.25, -0.2) is 9.18 Å². The smallest absolute Gasteiger partial charge is 0.415 e. The minimum absolute atomic E-state index is 0.218. The van der Waals surface area contributed by atoms with Gasteiger partial charge in [-0.1, -0.05) is 42.5 Å². The van der Waals surface area contributed by atoms with E-state index in [2.05, 4.69) is 4.98 Å². The molecule has 3 rings (SSSR count). The number of carbonyl (C=O) groups is 2. The van der Waals surface area contributed by atoms with Gasteiger partial charge < -0.3 is 10.5 Å². The molecule has 0 fully saturated rings. The maximum atomic E-state index is 14.1. The van der Waals surface area contributed by atoms with Crippen molar-refractivity contribution in [2.45, 2.75) is 38.8 Å². The van der Waals surface area contributed by atoms with Crippen LogP contribution in [-0.2, 0) is 16.0 Å². The number of nitrogens with two attached hydrogens (primary N) is 1. The van der Waals surface area contributed by atoms with E-state index < -0.39 is 29.5 Å². The van der Waals surface area contributed by atoms with Gasteiger partial charge in [-0.3, -0.25) is 14.7 Å². The summed E-state index contributed by atoms with van der Waals surface area (Å²) < 4.78 is 19.7. The quantitative estimate of drug-likeness (QED) is 0.607. The van der Waals surface area contributed by atoms with Crippen LogP contribution in [0.5, 0.6) is 0 Å². The van der Waals surface area contributed by atoms with Gasteiger partial charge in [0.15, 0.2) is 0 Å². The van der Waals surface area contributed by atoms with Crippen LogP contribution in [0.2, 0.25) is 0 Å². The van der Waals surface area contributed by atoms with E-state index in [1.54, 1.807) is 51.1 Å². The molecule has 3 aromatic rings. The second kappa shape index (κ2) is 9.60. The highest BCUT2D eigenvalue weighted by Gasteiger charge is 2.33. The van der Waals surface area contributed by atoms with E-state index in [-0.39, 0.29) is 6.42 Å². The van der Waals surface area contributed by atoms with Gasteiger partial charge in [0.05, 0.1) is 6.20 Å². The second-order valence-electron chi connectivity index (χ2n) is 8.36. The van der Waals surface area contributed by atoms with Crippen LogP contribution in [0, 0.1) is 5.82 Å². The molecule has 166 valence electrons. The molecule has 32 heavy (non-hydrogen) atoms. The highest BCUT2D eigenvalue weighted by atomic mass is 19.1. The lowest BCUT2D eigenvalue weighted by Crippen LogP contribution is -2.51. The maximum absolute atomic E-state index is 14.1. The van der Waals surface area contributed by atoms with Crippen LogP contribution in [0.25, 0.3) is 11.1 Å². The molecule has 6 nitrogen and oxygen atoms in total. The van der Waals surface area contributed by atoms with Crippen LogP contribution >= 0.6 is 0 Å². The summed E-state index contributed by atoms with van der Waals surface area (Å²) in [6.45, 7) is 5.23. The first-order chi connectivity index (χ1) is 15.2. The zero-order valence-electron chi connectivity index (χ0n) is 18.3. The third-order valence-corrected chi connectivity index (χ3v) is 4.73. The molecule has 0 unspecified atom stereocenters. The molecule has 7 heteroatoms. The molecule has 0 saturated carbocycles. The first kappa shape index (κ1) is 22.9. The fourth-order valence-corrected chi connectivity index (χ4v) is 3.29. The summed E-state index contributed by atoms with van der Waals surface area (Å²) in [7, 11) is 0. The van der Waals surface area contributed by atoms with Gasteiger partial charge in [0.1, 0.15) is 17.5 Å². The Hall–Kier alpha value is -3.74. The van der Waals surface area contributed by atoms with Crippen molar-refractivity contribution in [3.8, 4) is 11.1 Å². The van der Waals surface area contributed by atoms with Crippen molar-refractivity contribution in [1.29, 1.82) is 0 Å². The molecule has 2 N–H and O–H groups in total. The van der Waals surface area contributed by atoms with E-state index in [9.17, 15) is 14.0 Å². The number of anilines is 1. The molecule has 0 aliphatic rings. The van der Waals surface area contributed by atoms with Crippen molar-refractivity contribution < 1.29 is 18.7 Å². The number of nitrogens with zero attached hydrogens (tertiary/aromatic N) is 2. The Morgan fingerprint density at radius 1 is 1.06 bits per heavy atom. The van der Waals surface area contributed by atoms with Gasteiger partial charge in [-0.15, -0.1) is 0 Å². The SMILES string of the molecule is CC(C)(C)OC(=O)N(c1ccc(-c2ccncc2F)cc1)[C@H](Cc1ccccc1)C(N)=O. The Kier molecular flexibility index (Phi) is 6.88. The van der Waals surface area contributed by atoms with Gasteiger partial charge in [-0.05, 0) is 50.1 Å². The summed E-state index contributed by atoms with van der Waals surface area (Å²) in [5.74, 6) is -1.12. The molecule has 2 aromatic carbocycles. The second-order valence-corrected chi connectivity index (χ2v) is 8.36. The Bertz CT molecular complexity index is 1080. The number of aromatic nitrogens is 1. The van der Waals surface area contributed by atoms with Crippen molar-refractivity contribution in [2.24, 2.45) is 5.73 Å². The summed E-state index contributed by atoms with van der Waals surface area (Å²) in [5, 5.41) is 0. The summed E-state index contributed by atoms with van der Waals surface area (Å²) in [5.41, 5.74) is 7.20. The van der Waals surface area contributed by atoms with Gasteiger partial charge in [-0.2, -0.15) is 0 Å². The minimum Gasteiger partial charge on any atom is -0.443 e. The number of ether oxygens (including phenoxy) is 1. The highest BCUT2D eigenvalue weighted by Crippen LogP contribution is 2.28. The Morgan fingerprint density at radius 3 is 2.28 bits per heavy atom. The Balaban J connectivity index is 2.00. The van der Waals surface area contributed by atoms with Crippen molar-refractivity contribution >= 4 is 17.7 Å². The van der Waals surface area contributed by atoms with E-state index in [0.29, 0.717) is 16.8 Å². The molecule has 0 aliphatic carbocycles. The van der Waals surface area contributed by atoms with E-state index in [4.69, 9.17) is 10.5 Å². The molecule has 0 saturated heterocycles. The van der Waals surface area contributed by atoms with Crippen molar-refractivity contribution in [3.05, 3.63) is 84.4 Å². The molecule has 0 bridgehead atoms. The fourth-order valence-electron chi connectivity index (χ4n) is 3.29. The fraction of sp³-hybridized carbons (Fsp3) is 0.240. The van der Waals surface area contributed by atoms with E-state index in [1.165, 1.54) is 11.1 Å². The van der Waals surface area contributed by atoms with Gasteiger partial charge in [0.2, 0.25) is 5.91 Å². The lowest BCUT2D eigenvalue weighted by Gasteiger charge is -2.32. The molecular formula is C25H26FN3O3. The number of benzene rings is 2. The standard InChI is InChI=1S/C25H26FN3O3/c1-25(2,3)32-24(31)29(22(23(27)30)15-17-7-5-4-6-8-17)19-11-9-18(10-12-19)20-13-14-28-16-21(20)26/h4-14,16,22H,15H2,1-3H3,(H2,27,30)/t22-/m1/s1. The van der Waals surface area contributed by atoms with Crippen LogP contribution in [0.3, 0.4) is 0 Å². The molecule has 1 atom stereocenters. The number of primary amides is 1. The lowest BCUT2D eigenvalue weighted by molar-refractivity contribution is -0.119. The number of hydrogen-bond acceptors (Lipinski definition) is 4. The highest BCUT2D eigenvalue weighted by molar-refractivity contribution is 5.97. The predicted molar refractivity (Wildman–Crippen MR) is 121 cm³/mol. The first-order valence-electron chi connectivity index (χ1n) is 10.2. The molecule has 1 aromatic heterocycles. The molecule has 1 heterocycles. The molecule has 0 spiro atoms. The first-order valence-corrected chi connectivity index (χ1v) is 10.2. The van der Waals surface area contributed by atoms with Crippen LogP contribution in [0.15, 0.2) is 73.1 Å². The van der Waals surface area contributed by atoms with Crippen molar-refractivity contribution in [1.82, 2.24) is 4.98 Å². The van der Waals surface area contributed by atoms with Crippen LogP contribution in [0.4, 0.5) is 14.9 Å². The largest absolute Gasteiger partial charge is 0.443 e. The van der Waals surface area contributed by atoms with E-state index in [1.807, 2.05) is 30.3 Å². The summed E-state index contributed by atoms with van der Waals surface area (Å²) >= 11 is 0. The zero-order valence-corrected chi connectivity index (χ0v) is 18.3. The summed E-state index contributed by atoms with van der Waals surface area (Å²) in [4.78, 5) is 30.6. The number of pyridine rings is 1. The topological polar surface area (TPSA) is 85.5 Å². The molecular weight excluding hydrogens is 409 g/mol. The number of rotatable bonds is 6. The minimum atomic E-state index is -0.976. The Morgan fingerprint density at radius 2 is 1.72 bits per heavy atom. The van der Waals surface area contributed by atoms with Crippen LogP contribution in [0.1, 0.15) is 26.3 Å². The van der Waals surface area contributed by atoms with Crippen LogP contribution < -0.4 is 10.6 Å². The summed E-state index contributed by atoms with van der Waals surface area (Å²) in [6.07, 6.45) is 2.16. The van der Waals surface area contributed by atoms with E-state index >= 15 is 0 Å². The van der Waals surface area contributed by atoms with Gasteiger partial charge >= 0.3 is 6.09 Å². The van der Waals surface area contributed by atoms with Gasteiger partial charge in [0, 0.05) is 23.9 Å². The van der Waals surface area contributed by atoms with Gasteiger partial charge in [0.25, 0.3) is 0 Å². The number of carbonyl (C=O) groups excluding carboxylic acids is 2. The third kappa shape index (κ3) is 5.69. The monoisotopic (exact) mass is 435 g/mol. The van der Waals surface area contributed by atoms with E-state index in [0.717, 1.165) is 11.8 Å². The van der Waals surface area contributed by atoms with Crippen molar-refractivity contribution in [3.63, 3.8) is 0 Å². The summed E-state index contributed by atoms with van der Waals surface area (Å²) in [6, 6.07) is 16.5. The third-order valence-electron chi connectivity index (χ3n) is 4.73. The average molecular weight is 435 g/mol. The number of hydrogen-bond donors (Lipinski definition) is 1. The molecule has 2 amide bonds. The average Bonchev–Trinajstić information content (AvgIpc) is 2.73. The predicted octanol–water partition coefficient (Wildman–Crippen LogP) is 4.73. The van der Waals surface area contributed by atoms with Crippen molar-refractivity contribution in [2.75, 3.05) is 4.90 Å². The normalized spacial score (nSPS) is 12.1. The Labute approximate surface area is 186 Å². The molecule has 0 radical (unpaired) electrons. The maximum Gasteiger partial charge on any atom is 0.415 e.